The first-order valence-electron chi connectivity index (χ1n) is 7.25. The molecule has 0 saturated carbocycles. The predicted octanol–water partition coefficient (Wildman–Crippen LogP) is 4.04. The molecule has 3 aromatic rings. The van der Waals surface area contributed by atoms with E-state index < -0.39 is 6.61 Å². The number of thiazole rings is 1. The molecule has 0 aliphatic rings. The average Bonchev–Trinajstić information content (AvgIpc) is 3.08. The van der Waals surface area contributed by atoms with Crippen LogP contribution in [0.4, 0.5) is 13.9 Å². The Balaban J connectivity index is 1.63. The predicted molar refractivity (Wildman–Crippen MR) is 99.2 cm³/mol. The van der Waals surface area contributed by atoms with Crippen LogP contribution in [0.15, 0.2) is 24.4 Å². The van der Waals surface area contributed by atoms with Crippen molar-refractivity contribution in [3.05, 3.63) is 33.7 Å². The third-order valence-corrected chi connectivity index (χ3v) is 5.42. The molecule has 1 N–H and O–H groups in total. The SMILES string of the molecule is Cc1c(I)cnn1CCC(=O)Nc1nc2ccc(OC(F)F)cc2s1. The minimum Gasteiger partial charge on any atom is -0.435 e. The summed E-state index contributed by atoms with van der Waals surface area (Å²) in [6.07, 6.45) is 2.01. The summed E-state index contributed by atoms with van der Waals surface area (Å²) in [5.74, 6) is -0.124. The molecule has 3 rings (SSSR count). The topological polar surface area (TPSA) is 69.0 Å². The van der Waals surface area contributed by atoms with Gasteiger partial charge in [-0.15, -0.1) is 0 Å². The number of carbonyl (C=O) groups excluding carboxylic acids is 1. The van der Waals surface area contributed by atoms with E-state index in [1.807, 2.05) is 6.92 Å². The molecule has 1 amide bonds. The number of aromatic nitrogens is 3. The number of benzene rings is 1. The Morgan fingerprint density at radius 2 is 2.28 bits per heavy atom. The van der Waals surface area contributed by atoms with Gasteiger partial charge >= 0.3 is 6.61 Å². The Kier molecular flexibility index (Phi) is 5.47. The van der Waals surface area contributed by atoms with E-state index in [4.69, 9.17) is 0 Å². The zero-order valence-corrected chi connectivity index (χ0v) is 16.0. The fourth-order valence-corrected chi connectivity index (χ4v) is 3.49. The number of fused-ring (bicyclic) bond motifs is 1. The summed E-state index contributed by atoms with van der Waals surface area (Å²) in [6.45, 7) is -0.463. The van der Waals surface area contributed by atoms with E-state index >= 15 is 0 Å². The van der Waals surface area contributed by atoms with Gasteiger partial charge in [0.25, 0.3) is 0 Å². The second-order valence-electron chi connectivity index (χ2n) is 5.13. The van der Waals surface area contributed by atoms with Crippen LogP contribution in [-0.4, -0.2) is 27.3 Å². The zero-order chi connectivity index (χ0) is 18.0. The van der Waals surface area contributed by atoms with Crippen molar-refractivity contribution < 1.29 is 18.3 Å². The van der Waals surface area contributed by atoms with Gasteiger partial charge in [0.05, 0.1) is 26.5 Å². The average molecular weight is 478 g/mol. The smallest absolute Gasteiger partial charge is 0.387 e. The largest absolute Gasteiger partial charge is 0.435 e. The number of anilines is 1. The molecule has 0 atom stereocenters. The van der Waals surface area contributed by atoms with Crippen LogP contribution in [0.5, 0.6) is 5.75 Å². The fraction of sp³-hybridized carbons (Fsp3) is 0.267. The minimum atomic E-state index is -2.88. The van der Waals surface area contributed by atoms with Crippen LogP contribution in [0.1, 0.15) is 12.1 Å². The number of ether oxygens (including phenoxy) is 1. The molecular formula is C15H13F2IN4O2S. The van der Waals surface area contributed by atoms with Gasteiger partial charge in [-0.3, -0.25) is 9.48 Å². The highest BCUT2D eigenvalue weighted by Gasteiger charge is 2.11. The molecule has 1 aromatic carbocycles. The lowest BCUT2D eigenvalue weighted by molar-refractivity contribution is -0.116. The molecule has 0 aliphatic heterocycles. The third kappa shape index (κ3) is 4.42. The van der Waals surface area contributed by atoms with E-state index in [1.165, 1.54) is 23.5 Å². The number of alkyl halides is 2. The van der Waals surface area contributed by atoms with E-state index in [2.05, 4.69) is 42.7 Å². The third-order valence-electron chi connectivity index (χ3n) is 3.43. The summed E-state index contributed by atoms with van der Waals surface area (Å²) in [6, 6.07) is 4.47. The molecule has 0 bridgehead atoms. The number of aryl methyl sites for hydroxylation is 1. The van der Waals surface area contributed by atoms with Crippen molar-refractivity contribution in [1.29, 1.82) is 0 Å². The first-order valence-corrected chi connectivity index (χ1v) is 9.15. The number of amides is 1. The second-order valence-corrected chi connectivity index (χ2v) is 7.32. The lowest BCUT2D eigenvalue weighted by atomic mass is 10.3. The molecule has 0 saturated heterocycles. The van der Waals surface area contributed by atoms with Crippen molar-refractivity contribution in [2.75, 3.05) is 5.32 Å². The number of halogens is 3. The fourth-order valence-electron chi connectivity index (χ4n) is 2.17. The van der Waals surface area contributed by atoms with Crippen molar-refractivity contribution in [2.45, 2.75) is 26.5 Å². The van der Waals surface area contributed by atoms with Crippen molar-refractivity contribution in [2.24, 2.45) is 0 Å². The Morgan fingerprint density at radius 1 is 1.48 bits per heavy atom. The molecule has 25 heavy (non-hydrogen) atoms. The Hall–Kier alpha value is -1.82. The Morgan fingerprint density at radius 3 is 2.96 bits per heavy atom. The summed E-state index contributed by atoms with van der Waals surface area (Å²) in [5.41, 5.74) is 1.62. The maximum atomic E-state index is 12.3. The number of hydrogen-bond acceptors (Lipinski definition) is 5. The molecule has 0 aliphatic carbocycles. The van der Waals surface area contributed by atoms with Gasteiger partial charge in [0.1, 0.15) is 5.75 Å². The quantitative estimate of drug-likeness (QED) is 0.544. The number of nitrogens with one attached hydrogen (secondary N) is 1. The van der Waals surface area contributed by atoms with Crippen molar-refractivity contribution in [3.63, 3.8) is 0 Å². The van der Waals surface area contributed by atoms with Crippen molar-refractivity contribution >= 4 is 55.2 Å². The molecule has 0 fully saturated rings. The van der Waals surface area contributed by atoms with Crippen LogP contribution in [0.25, 0.3) is 10.2 Å². The summed E-state index contributed by atoms with van der Waals surface area (Å²) < 4.78 is 32.3. The summed E-state index contributed by atoms with van der Waals surface area (Å²) in [7, 11) is 0. The van der Waals surface area contributed by atoms with Crippen LogP contribution in [0.3, 0.4) is 0 Å². The first-order chi connectivity index (χ1) is 11.9. The maximum absolute atomic E-state index is 12.3. The van der Waals surface area contributed by atoms with Crippen molar-refractivity contribution in [1.82, 2.24) is 14.8 Å². The molecule has 10 heteroatoms. The van der Waals surface area contributed by atoms with Gasteiger partial charge in [0.15, 0.2) is 5.13 Å². The number of carbonyl (C=O) groups is 1. The molecule has 0 unspecified atom stereocenters. The minimum absolute atomic E-state index is 0.0628. The molecule has 6 nitrogen and oxygen atoms in total. The van der Waals surface area contributed by atoms with Gasteiger partial charge in [-0.05, 0) is 47.7 Å². The van der Waals surface area contributed by atoms with Gasteiger partial charge < -0.3 is 10.1 Å². The van der Waals surface area contributed by atoms with E-state index in [-0.39, 0.29) is 18.1 Å². The van der Waals surface area contributed by atoms with Crippen LogP contribution in [0.2, 0.25) is 0 Å². The number of rotatable bonds is 6. The highest BCUT2D eigenvalue weighted by Crippen LogP contribution is 2.29. The lowest BCUT2D eigenvalue weighted by Gasteiger charge is -2.04. The Bertz CT molecular complexity index is 912. The standard InChI is InChI=1S/C15H13F2IN4O2S/c1-8-10(18)7-19-22(8)5-4-13(23)21-15-20-11-3-2-9(24-14(16)17)6-12(11)25-15/h2-3,6-7,14H,4-5H2,1H3,(H,20,21,23). The number of hydrogen-bond donors (Lipinski definition) is 1. The lowest BCUT2D eigenvalue weighted by Crippen LogP contribution is -2.15. The molecule has 0 radical (unpaired) electrons. The van der Waals surface area contributed by atoms with Crippen LogP contribution >= 0.6 is 33.9 Å². The highest BCUT2D eigenvalue weighted by molar-refractivity contribution is 14.1. The summed E-state index contributed by atoms with van der Waals surface area (Å²) in [4.78, 5) is 16.4. The monoisotopic (exact) mass is 478 g/mol. The second kappa shape index (κ2) is 7.60. The van der Waals surface area contributed by atoms with Gasteiger partial charge in [-0.25, -0.2) is 4.98 Å². The van der Waals surface area contributed by atoms with Gasteiger partial charge in [-0.2, -0.15) is 13.9 Å². The normalized spacial score (nSPS) is 11.2. The van der Waals surface area contributed by atoms with Crippen molar-refractivity contribution in [3.8, 4) is 5.75 Å². The van der Waals surface area contributed by atoms with Crippen LogP contribution in [-0.2, 0) is 11.3 Å². The van der Waals surface area contributed by atoms with E-state index in [0.29, 0.717) is 21.9 Å². The maximum Gasteiger partial charge on any atom is 0.387 e. The van der Waals surface area contributed by atoms with E-state index in [0.717, 1.165) is 9.26 Å². The molecule has 132 valence electrons. The molecule has 2 aromatic heterocycles. The number of nitrogens with zero attached hydrogens (tertiary/aromatic N) is 3. The molecule has 2 heterocycles. The first kappa shape index (κ1) is 18.0. The van der Waals surface area contributed by atoms with Crippen LogP contribution in [0, 0.1) is 10.5 Å². The van der Waals surface area contributed by atoms with E-state index in [1.54, 1.807) is 16.9 Å². The summed E-state index contributed by atoms with van der Waals surface area (Å²) in [5, 5.41) is 7.35. The van der Waals surface area contributed by atoms with Gasteiger partial charge in [0.2, 0.25) is 5.91 Å². The highest BCUT2D eigenvalue weighted by atomic mass is 127. The van der Waals surface area contributed by atoms with Gasteiger partial charge in [0, 0.05) is 12.1 Å². The molecule has 0 spiro atoms. The Labute approximate surface area is 159 Å². The molecular weight excluding hydrogens is 465 g/mol. The zero-order valence-electron chi connectivity index (χ0n) is 13.0. The van der Waals surface area contributed by atoms with Crippen LogP contribution < -0.4 is 10.1 Å². The van der Waals surface area contributed by atoms with Gasteiger partial charge in [-0.1, -0.05) is 11.3 Å². The van der Waals surface area contributed by atoms with E-state index in [9.17, 15) is 13.6 Å². The summed E-state index contributed by atoms with van der Waals surface area (Å²) >= 11 is 3.39.